The largest absolute Gasteiger partial charge is 0.443 e. The summed E-state index contributed by atoms with van der Waals surface area (Å²) in [5.74, 6) is -0.557. The molecule has 3 rings (SSSR count). The summed E-state index contributed by atoms with van der Waals surface area (Å²) in [5, 5.41) is 2.79. The molecule has 0 saturated carbocycles. The zero-order chi connectivity index (χ0) is 29.1. The lowest BCUT2D eigenvalue weighted by molar-refractivity contribution is 0.0429. The van der Waals surface area contributed by atoms with E-state index in [1.807, 2.05) is 0 Å². The highest BCUT2D eigenvalue weighted by Crippen LogP contribution is 2.32. The Balaban J connectivity index is 2.07. The van der Waals surface area contributed by atoms with Crippen LogP contribution in [0.1, 0.15) is 57.7 Å². The number of anilines is 3. The van der Waals surface area contributed by atoms with E-state index in [0.29, 0.717) is 27.1 Å². The van der Waals surface area contributed by atoms with Crippen molar-refractivity contribution in [2.75, 3.05) is 16.0 Å². The monoisotopic (exact) mass is 598 g/mol. The fourth-order valence-corrected chi connectivity index (χ4v) is 3.66. The van der Waals surface area contributed by atoms with Gasteiger partial charge < -0.3 is 20.5 Å². The standard InChI is InChI=1S/C27H31BrN6O5/c1-15-12-16(13-21(31-15)34(24(36)38-26(2,3)4)25(37)39-27(5,6)7)17-10-11-30-14-19(17)32-23(35)22-18(29)8-9-20(28)33-22/h8-14H,29H2,1-7H3,(H,32,35). The predicted molar refractivity (Wildman–Crippen MR) is 151 cm³/mol. The van der Waals surface area contributed by atoms with Crippen LogP contribution in [0.4, 0.5) is 26.8 Å². The molecule has 0 aromatic carbocycles. The lowest BCUT2D eigenvalue weighted by Gasteiger charge is -2.28. The number of nitrogens with two attached hydrogens (primary N) is 1. The zero-order valence-corrected chi connectivity index (χ0v) is 24.4. The SMILES string of the molecule is Cc1cc(-c2ccncc2NC(=O)c2nc(Br)ccc2N)cc(N(C(=O)OC(C)(C)C)C(=O)OC(C)(C)C)n1. The maximum absolute atomic E-state index is 13.1. The minimum absolute atomic E-state index is 0.0134. The molecule has 3 aromatic heterocycles. The summed E-state index contributed by atoms with van der Waals surface area (Å²) in [6.07, 6.45) is 1.13. The molecule has 0 aliphatic rings. The molecule has 0 unspecified atom stereocenters. The van der Waals surface area contributed by atoms with Crippen molar-refractivity contribution in [1.82, 2.24) is 15.0 Å². The first-order valence-electron chi connectivity index (χ1n) is 12.0. The number of amides is 3. The number of rotatable bonds is 4. The van der Waals surface area contributed by atoms with E-state index in [9.17, 15) is 14.4 Å². The third-order valence-electron chi connectivity index (χ3n) is 4.81. The number of imide groups is 1. The van der Waals surface area contributed by atoms with Crippen molar-refractivity contribution >= 4 is 51.2 Å². The molecular formula is C27H31BrN6O5. The van der Waals surface area contributed by atoms with Crippen LogP contribution in [-0.4, -0.2) is 44.2 Å². The van der Waals surface area contributed by atoms with Crippen LogP contribution in [0.15, 0.2) is 47.3 Å². The summed E-state index contributed by atoms with van der Waals surface area (Å²) < 4.78 is 11.4. The molecule has 206 valence electrons. The van der Waals surface area contributed by atoms with Gasteiger partial charge in [0.25, 0.3) is 5.91 Å². The third-order valence-corrected chi connectivity index (χ3v) is 5.25. The number of carbonyl (C=O) groups is 3. The van der Waals surface area contributed by atoms with Gasteiger partial charge in [0.2, 0.25) is 0 Å². The van der Waals surface area contributed by atoms with Crippen LogP contribution in [0.5, 0.6) is 0 Å². The summed E-state index contributed by atoms with van der Waals surface area (Å²) in [5.41, 5.74) is 6.36. The molecule has 11 nitrogen and oxygen atoms in total. The van der Waals surface area contributed by atoms with Gasteiger partial charge in [0.15, 0.2) is 5.69 Å². The topological polar surface area (TPSA) is 150 Å². The van der Waals surface area contributed by atoms with Crippen molar-refractivity contribution < 1.29 is 23.9 Å². The van der Waals surface area contributed by atoms with Crippen molar-refractivity contribution in [2.24, 2.45) is 0 Å². The van der Waals surface area contributed by atoms with Gasteiger partial charge in [-0.05, 0) is 100 Å². The fourth-order valence-electron chi connectivity index (χ4n) is 3.35. The number of aromatic nitrogens is 3. The van der Waals surface area contributed by atoms with Gasteiger partial charge in [0.05, 0.1) is 17.6 Å². The number of hydrogen-bond acceptors (Lipinski definition) is 9. The molecule has 3 heterocycles. The van der Waals surface area contributed by atoms with Crippen LogP contribution in [-0.2, 0) is 9.47 Å². The average Bonchev–Trinajstić information content (AvgIpc) is 2.78. The number of carbonyl (C=O) groups excluding carboxylic acids is 3. The number of nitrogens with one attached hydrogen (secondary N) is 1. The van der Waals surface area contributed by atoms with Crippen LogP contribution >= 0.6 is 15.9 Å². The van der Waals surface area contributed by atoms with Gasteiger partial charge >= 0.3 is 12.2 Å². The second-order valence-corrected chi connectivity index (χ2v) is 11.4. The van der Waals surface area contributed by atoms with Crippen LogP contribution in [0.3, 0.4) is 0 Å². The summed E-state index contributed by atoms with van der Waals surface area (Å²) in [7, 11) is 0. The van der Waals surface area contributed by atoms with Crippen molar-refractivity contribution in [3.63, 3.8) is 0 Å². The normalized spacial score (nSPS) is 11.5. The first-order valence-corrected chi connectivity index (χ1v) is 12.8. The Morgan fingerprint density at radius 2 is 1.56 bits per heavy atom. The van der Waals surface area contributed by atoms with Crippen molar-refractivity contribution in [1.29, 1.82) is 0 Å². The van der Waals surface area contributed by atoms with Crippen LogP contribution in [0, 0.1) is 6.92 Å². The highest BCUT2D eigenvalue weighted by Gasteiger charge is 2.34. The number of pyridine rings is 3. The number of hydrogen-bond donors (Lipinski definition) is 2. The second kappa shape index (κ2) is 11.4. The molecule has 0 atom stereocenters. The quantitative estimate of drug-likeness (QED) is 0.338. The minimum Gasteiger partial charge on any atom is -0.443 e. The molecule has 3 aromatic rings. The summed E-state index contributed by atoms with van der Waals surface area (Å²) in [4.78, 5) is 52.8. The maximum atomic E-state index is 13.1. The Bertz CT molecular complexity index is 1390. The Morgan fingerprint density at radius 3 is 2.15 bits per heavy atom. The Labute approximate surface area is 235 Å². The van der Waals surface area contributed by atoms with Crippen LogP contribution in [0.2, 0.25) is 0 Å². The van der Waals surface area contributed by atoms with Gasteiger partial charge in [-0.25, -0.2) is 19.6 Å². The predicted octanol–water partition coefficient (Wildman–Crippen LogP) is 6.12. The number of nitrogens with zero attached hydrogens (tertiary/aromatic N) is 4. The number of halogens is 1. The molecule has 0 radical (unpaired) electrons. The van der Waals surface area contributed by atoms with E-state index in [-0.39, 0.29) is 17.2 Å². The van der Waals surface area contributed by atoms with E-state index in [1.165, 1.54) is 12.3 Å². The molecule has 0 bridgehead atoms. The lowest BCUT2D eigenvalue weighted by atomic mass is 10.0. The Morgan fingerprint density at radius 1 is 0.949 bits per heavy atom. The van der Waals surface area contributed by atoms with E-state index >= 15 is 0 Å². The first kappa shape index (κ1) is 29.5. The van der Waals surface area contributed by atoms with Crippen molar-refractivity contribution in [3.8, 4) is 11.1 Å². The van der Waals surface area contributed by atoms with E-state index in [1.54, 1.807) is 78.9 Å². The maximum Gasteiger partial charge on any atom is 0.425 e. The minimum atomic E-state index is -0.944. The molecule has 12 heteroatoms. The van der Waals surface area contributed by atoms with E-state index < -0.39 is 29.3 Å². The summed E-state index contributed by atoms with van der Waals surface area (Å²) in [6, 6.07) is 8.14. The molecule has 39 heavy (non-hydrogen) atoms. The van der Waals surface area contributed by atoms with Gasteiger partial charge in [-0.1, -0.05) is 0 Å². The van der Waals surface area contributed by atoms with E-state index in [4.69, 9.17) is 15.2 Å². The third kappa shape index (κ3) is 7.96. The van der Waals surface area contributed by atoms with Gasteiger partial charge in [-0.15, -0.1) is 0 Å². The van der Waals surface area contributed by atoms with Gasteiger partial charge in [-0.3, -0.25) is 9.78 Å². The smallest absolute Gasteiger partial charge is 0.425 e. The Hall–Kier alpha value is -4.06. The summed E-state index contributed by atoms with van der Waals surface area (Å²) in [6.45, 7) is 11.8. The van der Waals surface area contributed by atoms with Crippen LogP contribution < -0.4 is 16.0 Å². The summed E-state index contributed by atoms with van der Waals surface area (Å²) >= 11 is 3.24. The van der Waals surface area contributed by atoms with Crippen molar-refractivity contribution in [3.05, 3.63) is 58.7 Å². The lowest BCUT2D eigenvalue weighted by Crippen LogP contribution is -2.44. The molecule has 3 amide bonds. The molecule has 0 saturated heterocycles. The number of ether oxygens (including phenoxy) is 2. The zero-order valence-electron chi connectivity index (χ0n) is 22.8. The van der Waals surface area contributed by atoms with Crippen LogP contribution in [0.25, 0.3) is 11.1 Å². The molecule has 3 N–H and O–H groups in total. The highest BCUT2D eigenvalue weighted by atomic mass is 79.9. The van der Waals surface area contributed by atoms with Crippen molar-refractivity contribution in [2.45, 2.75) is 59.7 Å². The van der Waals surface area contributed by atoms with Gasteiger partial charge in [0.1, 0.15) is 21.6 Å². The molecule has 0 spiro atoms. The Kier molecular flexibility index (Phi) is 8.59. The van der Waals surface area contributed by atoms with E-state index in [2.05, 4.69) is 36.2 Å². The molecular weight excluding hydrogens is 568 g/mol. The number of aryl methyl sites for hydroxylation is 1. The van der Waals surface area contributed by atoms with Gasteiger partial charge in [-0.2, -0.15) is 4.90 Å². The highest BCUT2D eigenvalue weighted by molar-refractivity contribution is 9.10. The van der Waals surface area contributed by atoms with Gasteiger partial charge in [0, 0.05) is 17.5 Å². The van der Waals surface area contributed by atoms with E-state index in [0.717, 1.165) is 4.90 Å². The number of nitrogen functional groups attached to an aromatic ring is 1. The second-order valence-electron chi connectivity index (χ2n) is 10.6. The molecule has 0 aliphatic carbocycles. The molecule has 0 aliphatic heterocycles. The average molecular weight is 599 g/mol. The first-order chi connectivity index (χ1) is 18.0. The molecule has 0 fully saturated rings. The fraction of sp³-hybridized carbons (Fsp3) is 0.333.